The number of benzene rings is 9. The van der Waals surface area contributed by atoms with Gasteiger partial charge in [0.05, 0.1) is 28.1 Å². The van der Waals surface area contributed by atoms with Crippen molar-refractivity contribution in [2.75, 3.05) is 4.90 Å². The van der Waals surface area contributed by atoms with Gasteiger partial charge >= 0.3 is 0 Å². The second kappa shape index (κ2) is 13.8. The third kappa shape index (κ3) is 5.55. The third-order valence-corrected chi connectivity index (χ3v) is 12.3. The van der Waals surface area contributed by atoms with Crippen molar-refractivity contribution < 1.29 is 0 Å². The first kappa shape index (κ1) is 33.2. The van der Waals surface area contributed by atoms with E-state index in [4.69, 9.17) is 0 Å². The zero-order chi connectivity index (χ0) is 37.7. The van der Waals surface area contributed by atoms with Gasteiger partial charge in [-0.25, -0.2) is 0 Å². The Labute approximate surface area is 335 Å². The van der Waals surface area contributed by atoms with Gasteiger partial charge in [-0.05, 0) is 65.2 Å². The molecule has 57 heavy (non-hydrogen) atoms. The van der Waals surface area contributed by atoms with Crippen molar-refractivity contribution in [3.05, 3.63) is 218 Å². The number of nitrogens with zero attached hydrogens (tertiary/aromatic N) is 2. The molecule has 11 rings (SSSR count). The van der Waals surface area contributed by atoms with Crippen molar-refractivity contribution in [2.24, 2.45) is 0 Å². The lowest BCUT2D eigenvalue weighted by atomic mass is 9.95. The Balaban J connectivity index is 1.25. The van der Waals surface area contributed by atoms with Crippen LogP contribution in [0.3, 0.4) is 0 Å². The second-order valence-corrected chi connectivity index (χ2v) is 15.5. The molecule has 0 amide bonds. The summed E-state index contributed by atoms with van der Waals surface area (Å²) >= 11 is 1.86. The highest BCUT2D eigenvalue weighted by atomic mass is 32.1. The summed E-state index contributed by atoms with van der Waals surface area (Å²) in [5.41, 5.74) is 13.9. The van der Waals surface area contributed by atoms with Gasteiger partial charge in [-0.3, -0.25) is 0 Å². The zero-order valence-corrected chi connectivity index (χ0v) is 31.9. The molecular weight excluding hydrogens is 709 g/mol. The number of aromatic nitrogens is 1. The molecule has 0 bridgehead atoms. The number of hydrogen-bond acceptors (Lipinski definition) is 2. The molecule has 2 heterocycles. The number of para-hydroxylation sites is 3. The average molecular weight is 745 g/mol. The molecule has 268 valence electrons. The predicted molar refractivity (Wildman–Crippen MR) is 245 cm³/mol. The molecule has 0 radical (unpaired) electrons. The SMILES string of the molecule is c1ccc(-c2ccccc2N(c2ccc3sc4ccccc4c3c2)c2cccc3c2c2ccccc2n3-c2c(-c3ccccc3)cccc2-c2ccccc2)cc1. The minimum Gasteiger partial charge on any atom is -0.309 e. The van der Waals surface area contributed by atoms with Crippen LogP contribution in [0.4, 0.5) is 17.1 Å². The smallest absolute Gasteiger partial charge is 0.0618 e. The van der Waals surface area contributed by atoms with Crippen LogP contribution >= 0.6 is 11.3 Å². The van der Waals surface area contributed by atoms with E-state index in [1.54, 1.807) is 0 Å². The summed E-state index contributed by atoms with van der Waals surface area (Å²) in [5, 5.41) is 4.97. The Bertz CT molecular complexity index is 3180. The van der Waals surface area contributed by atoms with Crippen LogP contribution in [0, 0.1) is 0 Å². The fourth-order valence-corrected chi connectivity index (χ4v) is 9.79. The summed E-state index contributed by atoms with van der Waals surface area (Å²) in [6.07, 6.45) is 0. The Morgan fingerprint density at radius 1 is 0.351 bits per heavy atom. The first-order chi connectivity index (χ1) is 28.3. The summed E-state index contributed by atoms with van der Waals surface area (Å²) in [6.45, 7) is 0. The van der Waals surface area contributed by atoms with Crippen molar-refractivity contribution in [1.29, 1.82) is 0 Å². The van der Waals surface area contributed by atoms with E-state index in [1.807, 2.05) is 11.3 Å². The molecule has 0 unspecified atom stereocenters. The molecular formula is C54H36N2S. The average Bonchev–Trinajstić information content (AvgIpc) is 3.83. The van der Waals surface area contributed by atoms with Crippen LogP contribution in [0.25, 0.3) is 81.0 Å². The number of thiophene rings is 1. The Morgan fingerprint density at radius 3 is 1.58 bits per heavy atom. The van der Waals surface area contributed by atoms with Crippen LogP contribution in [0.15, 0.2) is 218 Å². The van der Waals surface area contributed by atoms with E-state index in [0.717, 1.165) is 28.1 Å². The van der Waals surface area contributed by atoms with Crippen LogP contribution in [0.2, 0.25) is 0 Å². The van der Waals surface area contributed by atoms with Gasteiger partial charge in [0, 0.05) is 53.3 Å². The van der Waals surface area contributed by atoms with Gasteiger partial charge in [0.1, 0.15) is 0 Å². The highest BCUT2D eigenvalue weighted by molar-refractivity contribution is 7.25. The molecule has 3 heteroatoms. The fraction of sp³-hybridized carbons (Fsp3) is 0. The van der Waals surface area contributed by atoms with Crippen LogP contribution in [0.1, 0.15) is 0 Å². The Hall–Kier alpha value is -7.20. The van der Waals surface area contributed by atoms with Gasteiger partial charge in [0.2, 0.25) is 0 Å². The fourth-order valence-electron chi connectivity index (χ4n) is 8.70. The predicted octanol–water partition coefficient (Wildman–Crippen LogP) is 15.6. The molecule has 0 fully saturated rings. The van der Waals surface area contributed by atoms with E-state index >= 15 is 0 Å². The lowest BCUT2D eigenvalue weighted by Crippen LogP contribution is -2.11. The quantitative estimate of drug-likeness (QED) is 0.158. The van der Waals surface area contributed by atoms with Gasteiger partial charge in [-0.15, -0.1) is 11.3 Å². The summed E-state index contributed by atoms with van der Waals surface area (Å²) < 4.78 is 5.10. The molecule has 0 atom stereocenters. The maximum Gasteiger partial charge on any atom is 0.0618 e. The van der Waals surface area contributed by atoms with E-state index < -0.39 is 0 Å². The summed E-state index contributed by atoms with van der Waals surface area (Å²) in [6, 6.07) is 79.5. The number of rotatable bonds is 7. The topological polar surface area (TPSA) is 8.17 Å². The summed E-state index contributed by atoms with van der Waals surface area (Å²) in [5.74, 6) is 0. The normalized spacial score (nSPS) is 11.5. The van der Waals surface area contributed by atoms with Gasteiger partial charge in [-0.1, -0.05) is 170 Å². The van der Waals surface area contributed by atoms with E-state index in [9.17, 15) is 0 Å². The molecule has 2 nitrogen and oxygen atoms in total. The molecule has 11 aromatic rings. The molecule has 0 saturated carbocycles. The molecule has 0 aliphatic carbocycles. The van der Waals surface area contributed by atoms with Gasteiger partial charge < -0.3 is 9.47 Å². The molecule has 0 saturated heterocycles. The van der Waals surface area contributed by atoms with Crippen molar-refractivity contribution in [3.63, 3.8) is 0 Å². The number of fused-ring (bicyclic) bond motifs is 6. The molecule has 0 aliphatic heterocycles. The van der Waals surface area contributed by atoms with Crippen LogP contribution in [-0.4, -0.2) is 4.57 Å². The maximum atomic E-state index is 2.51. The van der Waals surface area contributed by atoms with Gasteiger partial charge in [-0.2, -0.15) is 0 Å². The van der Waals surface area contributed by atoms with Crippen molar-refractivity contribution in [2.45, 2.75) is 0 Å². The standard InChI is InChI=1S/C54H36N2S/c1-4-18-37(19-5-1)41-24-10-13-29-47(41)55(40-34-35-52-46(36-40)44-25-12-15-33-51(44)57-52)49-31-17-32-50-53(49)45-26-11-14-30-48(45)56(50)54-42(38-20-6-2-7-21-38)27-16-28-43(54)39-22-8-3-9-23-39/h1-36H. The largest absolute Gasteiger partial charge is 0.309 e. The monoisotopic (exact) mass is 744 g/mol. The van der Waals surface area contributed by atoms with Crippen molar-refractivity contribution >= 4 is 70.4 Å². The van der Waals surface area contributed by atoms with E-state index in [1.165, 1.54) is 70.0 Å². The minimum absolute atomic E-state index is 1.12. The number of anilines is 3. The van der Waals surface area contributed by atoms with E-state index in [0.29, 0.717) is 0 Å². The minimum atomic E-state index is 1.12. The van der Waals surface area contributed by atoms with Crippen LogP contribution in [-0.2, 0) is 0 Å². The first-order valence-corrected chi connectivity index (χ1v) is 20.3. The van der Waals surface area contributed by atoms with E-state index in [-0.39, 0.29) is 0 Å². The first-order valence-electron chi connectivity index (χ1n) is 19.4. The lowest BCUT2D eigenvalue weighted by molar-refractivity contribution is 1.18. The highest BCUT2D eigenvalue weighted by Gasteiger charge is 2.25. The molecule has 2 aromatic heterocycles. The lowest BCUT2D eigenvalue weighted by Gasteiger charge is -2.29. The third-order valence-electron chi connectivity index (χ3n) is 11.2. The maximum absolute atomic E-state index is 2.51. The van der Waals surface area contributed by atoms with Gasteiger partial charge in [0.15, 0.2) is 0 Å². The summed E-state index contributed by atoms with van der Waals surface area (Å²) in [4.78, 5) is 2.49. The molecule has 0 N–H and O–H groups in total. The zero-order valence-electron chi connectivity index (χ0n) is 31.1. The highest BCUT2D eigenvalue weighted by Crippen LogP contribution is 2.49. The van der Waals surface area contributed by atoms with E-state index in [2.05, 4.69) is 228 Å². The van der Waals surface area contributed by atoms with Crippen LogP contribution < -0.4 is 4.90 Å². The Kier molecular flexibility index (Phi) is 8.04. The van der Waals surface area contributed by atoms with Crippen molar-refractivity contribution in [1.82, 2.24) is 4.57 Å². The summed E-state index contributed by atoms with van der Waals surface area (Å²) in [7, 11) is 0. The Morgan fingerprint density at radius 2 is 0.860 bits per heavy atom. The molecule has 0 aliphatic rings. The van der Waals surface area contributed by atoms with Gasteiger partial charge in [0.25, 0.3) is 0 Å². The van der Waals surface area contributed by atoms with Crippen LogP contribution in [0.5, 0.6) is 0 Å². The van der Waals surface area contributed by atoms with Crippen molar-refractivity contribution in [3.8, 4) is 39.1 Å². The number of hydrogen-bond donors (Lipinski definition) is 0. The molecule has 9 aromatic carbocycles. The second-order valence-electron chi connectivity index (χ2n) is 14.5. The molecule has 0 spiro atoms.